The van der Waals surface area contributed by atoms with Crippen LogP contribution < -0.4 is 24.8 Å². The van der Waals surface area contributed by atoms with Crippen LogP contribution in [0.1, 0.15) is 23.2 Å². The molecule has 0 unspecified atom stereocenters. The average molecular weight is 368 g/mol. The van der Waals surface area contributed by atoms with Gasteiger partial charge in [0.1, 0.15) is 19.0 Å². The predicted octanol–water partition coefficient (Wildman–Crippen LogP) is 2.37. The first-order chi connectivity index (χ1) is 13.2. The van der Waals surface area contributed by atoms with Crippen LogP contribution in [0, 0.1) is 0 Å². The quantitative estimate of drug-likeness (QED) is 0.818. The fourth-order valence-corrected chi connectivity index (χ4v) is 2.69. The van der Waals surface area contributed by atoms with Crippen molar-refractivity contribution < 1.29 is 23.8 Å². The highest BCUT2D eigenvalue weighted by Gasteiger charge is 2.23. The van der Waals surface area contributed by atoms with Crippen LogP contribution in [-0.2, 0) is 4.79 Å². The van der Waals surface area contributed by atoms with E-state index in [4.69, 9.17) is 14.2 Å². The summed E-state index contributed by atoms with van der Waals surface area (Å²) in [6, 6.07) is 12.3. The summed E-state index contributed by atoms with van der Waals surface area (Å²) in [5, 5.41) is 5.66. The zero-order valence-corrected chi connectivity index (χ0v) is 14.7. The molecule has 2 amide bonds. The molecule has 0 spiro atoms. The summed E-state index contributed by atoms with van der Waals surface area (Å²) < 4.78 is 16.5. The smallest absolute Gasteiger partial charge is 0.262 e. The van der Waals surface area contributed by atoms with Crippen molar-refractivity contribution in [3.05, 3.63) is 48.0 Å². The van der Waals surface area contributed by atoms with Gasteiger partial charge in [-0.05, 0) is 43.2 Å². The topological polar surface area (TPSA) is 85.9 Å². The van der Waals surface area contributed by atoms with Gasteiger partial charge >= 0.3 is 0 Å². The number of hydrogen-bond acceptors (Lipinski definition) is 5. The summed E-state index contributed by atoms with van der Waals surface area (Å²) in [5.41, 5.74) is 1.07. The summed E-state index contributed by atoms with van der Waals surface area (Å²) in [5.74, 6) is 1.35. The van der Waals surface area contributed by atoms with E-state index in [2.05, 4.69) is 10.6 Å². The Morgan fingerprint density at radius 1 is 1.04 bits per heavy atom. The third-order valence-corrected chi connectivity index (χ3v) is 4.20. The number of rotatable bonds is 6. The number of carbonyl (C=O) groups excluding carboxylic acids is 2. The second-order valence-corrected chi connectivity index (χ2v) is 6.47. The van der Waals surface area contributed by atoms with E-state index < -0.39 is 0 Å². The molecule has 140 valence electrons. The van der Waals surface area contributed by atoms with E-state index in [0.29, 0.717) is 41.7 Å². The highest BCUT2D eigenvalue weighted by molar-refractivity contribution is 5.97. The fourth-order valence-electron chi connectivity index (χ4n) is 2.69. The first-order valence-corrected chi connectivity index (χ1v) is 8.90. The van der Waals surface area contributed by atoms with E-state index in [1.807, 2.05) is 0 Å². The molecule has 0 aromatic heterocycles. The van der Waals surface area contributed by atoms with Gasteiger partial charge in [-0.1, -0.05) is 6.07 Å². The number of carbonyl (C=O) groups is 2. The molecule has 2 N–H and O–H groups in total. The lowest BCUT2D eigenvalue weighted by molar-refractivity contribution is -0.118. The number of ether oxygens (including phenoxy) is 3. The first kappa shape index (κ1) is 17.2. The largest absolute Gasteiger partial charge is 0.486 e. The van der Waals surface area contributed by atoms with Crippen molar-refractivity contribution in [2.45, 2.75) is 18.9 Å². The molecule has 2 aromatic carbocycles. The fraction of sp³-hybridized carbons (Fsp3) is 0.300. The Labute approximate surface area is 156 Å². The molecule has 2 aromatic rings. The Balaban J connectivity index is 1.32. The second kappa shape index (κ2) is 7.57. The summed E-state index contributed by atoms with van der Waals surface area (Å²) >= 11 is 0. The van der Waals surface area contributed by atoms with Crippen molar-refractivity contribution in [1.29, 1.82) is 0 Å². The van der Waals surface area contributed by atoms with Crippen LogP contribution in [-0.4, -0.2) is 37.7 Å². The van der Waals surface area contributed by atoms with Crippen LogP contribution in [0.3, 0.4) is 0 Å². The van der Waals surface area contributed by atoms with Crippen LogP contribution in [0.2, 0.25) is 0 Å². The summed E-state index contributed by atoms with van der Waals surface area (Å²) in [4.78, 5) is 24.2. The number of nitrogens with one attached hydrogen (secondary N) is 2. The SMILES string of the molecule is O=C(COc1ccc2c(c1)OCCO2)Nc1cccc(C(=O)NC2CC2)c1. The lowest BCUT2D eigenvalue weighted by atomic mass is 10.2. The molecule has 1 saturated carbocycles. The zero-order chi connectivity index (χ0) is 18.6. The minimum Gasteiger partial charge on any atom is -0.486 e. The summed E-state index contributed by atoms with van der Waals surface area (Å²) in [6.45, 7) is 0.854. The van der Waals surface area contributed by atoms with E-state index in [-0.39, 0.29) is 24.5 Å². The summed E-state index contributed by atoms with van der Waals surface area (Å²) in [6.07, 6.45) is 2.05. The van der Waals surface area contributed by atoms with Crippen LogP contribution >= 0.6 is 0 Å². The zero-order valence-electron chi connectivity index (χ0n) is 14.7. The number of hydrogen-bond donors (Lipinski definition) is 2. The molecule has 7 nitrogen and oxygen atoms in total. The predicted molar refractivity (Wildman–Crippen MR) is 98.5 cm³/mol. The highest BCUT2D eigenvalue weighted by atomic mass is 16.6. The van der Waals surface area contributed by atoms with Gasteiger partial charge in [0.25, 0.3) is 11.8 Å². The molecule has 2 aliphatic rings. The third-order valence-electron chi connectivity index (χ3n) is 4.20. The monoisotopic (exact) mass is 368 g/mol. The molecule has 0 radical (unpaired) electrons. The Morgan fingerprint density at radius 3 is 2.67 bits per heavy atom. The second-order valence-electron chi connectivity index (χ2n) is 6.47. The minimum atomic E-state index is -0.315. The molecule has 1 heterocycles. The van der Waals surface area contributed by atoms with Crippen LogP contribution in [0.5, 0.6) is 17.2 Å². The molecule has 1 fully saturated rings. The van der Waals surface area contributed by atoms with E-state index in [1.165, 1.54) is 0 Å². The molecule has 27 heavy (non-hydrogen) atoms. The number of benzene rings is 2. The Kier molecular flexibility index (Phi) is 4.82. The van der Waals surface area contributed by atoms with Gasteiger partial charge in [0, 0.05) is 23.4 Å². The highest BCUT2D eigenvalue weighted by Crippen LogP contribution is 2.33. The Hall–Kier alpha value is -3.22. The molecule has 1 aliphatic carbocycles. The minimum absolute atomic E-state index is 0.124. The van der Waals surface area contributed by atoms with Gasteiger partial charge in [0.05, 0.1) is 0 Å². The van der Waals surface area contributed by atoms with Crippen LogP contribution in [0.25, 0.3) is 0 Å². The van der Waals surface area contributed by atoms with E-state index >= 15 is 0 Å². The molecule has 4 rings (SSSR count). The standard InChI is InChI=1S/C20H20N2O5/c23-19(12-27-16-6-7-17-18(11-16)26-9-8-25-17)21-15-3-1-2-13(10-15)20(24)22-14-4-5-14/h1-3,6-7,10-11,14H,4-5,8-9,12H2,(H,21,23)(H,22,24). The molecule has 0 saturated heterocycles. The van der Waals surface area contributed by atoms with Crippen molar-refractivity contribution in [1.82, 2.24) is 5.32 Å². The molecule has 7 heteroatoms. The number of amides is 2. The Bertz CT molecular complexity index is 863. The third kappa shape index (κ3) is 4.49. The first-order valence-electron chi connectivity index (χ1n) is 8.90. The van der Waals surface area contributed by atoms with Crippen molar-refractivity contribution >= 4 is 17.5 Å². The van der Waals surface area contributed by atoms with Gasteiger partial charge in [-0.3, -0.25) is 9.59 Å². The van der Waals surface area contributed by atoms with E-state index in [9.17, 15) is 9.59 Å². The van der Waals surface area contributed by atoms with Gasteiger partial charge < -0.3 is 24.8 Å². The molecular formula is C20H20N2O5. The molecule has 0 bridgehead atoms. The average Bonchev–Trinajstić information content (AvgIpc) is 3.50. The molecule has 1 aliphatic heterocycles. The van der Waals surface area contributed by atoms with Crippen molar-refractivity contribution in [3.63, 3.8) is 0 Å². The maximum atomic E-state index is 12.2. The van der Waals surface area contributed by atoms with Crippen LogP contribution in [0.15, 0.2) is 42.5 Å². The van der Waals surface area contributed by atoms with Gasteiger partial charge in [-0.15, -0.1) is 0 Å². The van der Waals surface area contributed by atoms with Gasteiger partial charge in [-0.25, -0.2) is 0 Å². The van der Waals surface area contributed by atoms with Gasteiger partial charge in [0.15, 0.2) is 18.1 Å². The van der Waals surface area contributed by atoms with Crippen LogP contribution in [0.4, 0.5) is 5.69 Å². The van der Waals surface area contributed by atoms with Crippen molar-refractivity contribution in [2.24, 2.45) is 0 Å². The number of anilines is 1. The maximum Gasteiger partial charge on any atom is 0.262 e. The normalized spacial score (nSPS) is 15.0. The lowest BCUT2D eigenvalue weighted by Crippen LogP contribution is -2.25. The van der Waals surface area contributed by atoms with Crippen molar-refractivity contribution in [2.75, 3.05) is 25.1 Å². The maximum absolute atomic E-state index is 12.2. The summed E-state index contributed by atoms with van der Waals surface area (Å²) in [7, 11) is 0. The lowest BCUT2D eigenvalue weighted by Gasteiger charge is -2.18. The molecular weight excluding hydrogens is 348 g/mol. The Morgan fingerprint density at radius 2 is 1.85 bits per heavy atom. The number of fused-ring (bicyclic) bond motifs is 1. The van der Waals surface area contributed by atoms with Crippen molar-refractivity contribution in [3.8, 4) is 17.2 Å². The molecule has 0 atom stereocenters. The van der Waals surface area contributed by atoms with Gasteiger partial charge in [-0.2, -0.15) is 0 Å². The van der Waals surface area contributed by atoms with E-state index in [0.717, 1.165) is 12.8 Å². The van der Waals surface area contributed by atoms with E-state index in [1.54, 1.807) is 42.5 Å². The van der Waals surface area contributed by atoms with Gasteiger partial charge in [0.2, 0.25) is 0 Å².